The second-order valence-electron chi connectivity index (χ2n) is 7.50. The summed E-state index contributed by atoms with van der Waals surface area (Å²) in [6.45, 7) is 10.7. The van der Waals surface area contributed by atoms with Crippen LogP contribution in [0.15, 0.2) is 59.6 Å². The molecule has 0 radical (unpaired) electrons. The molecule has 1 N–H and O–H groups in total. The van der Waals surface area contributed by atoms with Crippen molar-refractivity contribution in [3.63, 3.8) is 0 Å². The molecule has 0 aliphatic carbocycles. The van der Waals surface area contributed by atoms with E-state index in [1.165, 1.54) is 17.8 Å². The molecule has 2 heterocycles. The van der Waals surface area contributed by atoms with Crippen molar-refractivity contribution in [2.45, 2.75) is 39.5 Å². The van der Waals surface area contributed by atoms with Gasteiger partial charge in [-0.05, 0) is 30.6 Å². The number of carboxylic acids is 1. The molecule has 2 unspecified atom stereocenters. The predicted molar refractivity (Wildman–Crippen MR) is 122 cm³/mol. The second-order valence-corrected chi connectivity index (χ2v) is 8.43. The summed E-state index contributed by atoms with van der Waals surface area (Å²) in [6.07, 6.45) is 5.20. The second kappa shape index (κ2) is 11.5. The molecule has 1 fully saturated rings. The van der Waals surface area contributed by atoms with Gasteiger partial charge in [-0.25, -0.2) is 4.98 Å². The van der Waals surface area contributed by atoms with E-state index in [-0.39, 0.29) is 18.4 Å². The van der Waals surface area contributed by atoms with Crippen molar-refractivity contribution in [2.75, 3.05) is 13.1 Å². The molecule has 0 saturated carbocycles. The molecule has 2 aromatic rings. The van der Waals surface area contributed by atoms with Crippen LogP contribution in [-0.2, 0) is 9.59 Å². The fourth-order valence-electron chi connectivity index (χ4n) is 3.38. The summed E-state index contributed by atoms with van der Waals surface area (Å²) in [5.41, 5.74) is 2.17. The number of aromatic nitrogens is 1. The van der Waals surface area contributed by atoms with Gasteiger partial charge in [0.25, 0.3) is 5.91 Å². The van der Waals surface area contributed by atoms with Crippen LogP contribution >= 0.6 is 11.3 Å². The van der Waals surface area contributed by atoms with E-state index in [1.807, 2.05) is 35.7 Å². The lowest BCUT2D eigenvalue weighted by molar-refractivity contribution is -0.145. The zero-order valence-electron chi connectivity index (χ0n) is 17.9. The van der Waals surface area contributed by atoms with E-state index >= 15 is 0 Å². The minimum atomic E-state index is -0.866. The Morgan fingerprint density at radius 3 is 2.47 bits per heavy atom. The van der Waals surface area contributed by atoms with Crippen LogP contribution in [0.5, 0.6) is 0 Å². The van der Waals surface area contributed by atoms with Gasteiger partial charge in [-0.3, -0.25) is 9.59 Å². The molecule has 1 aromatic carbocycles. The first-order valence-electron chi connectivity index (χ1n) is 10.2. The third kappa shape index (κ3) is 6.39. The molecule has 0 spiro atoms. The molecule has 1 saturated heterocycles. The smallest absolute Gasteiger partial charge is 0.308 e. The molecule has 6 heteroatoms. The number of benzene rings is 1. The lowest BCUT2D eigenvalue weighted by Crippen LogP contribution is -2.46. The van der Waals surface area contributed by atoms with Crippen LogP contribution in [0.1, 0.15) is 50.1 Å². The maximum Gasteiger partial charge on any atom is 0.308 e. The standard InChI is InChI=1S/C21H22N2O3S.C3H8/c1-14(2)18(11-19-22-8-9-27-19)20(24)23-12-16(10-17(13-23)21(25)26)15-6-4-3-5-7-15;1-3-2/h3-9,11,16-17H,1,10,12-13H2,2H3,(H,25,26);3H2,1-2H3/b18-11+;. The Kier molecular flexibility index (Phi) is 8.99. The van der Waals surface area contributed by atoms with Gasteiger partial charge >= 0.3 is 5.97 Å². The summed E-state index contributed by atoms with van der Waals surface area (Å²) >= 11 is 1.44. The summed E-state index contributed by atoms with van der Waals surface area (Å²) in [7, 11) is 0. The highest BCUT2D eigenvalue weighted by molar-refractivity contribution is 7.10. The topological polar surface area (TPSA) is 70.5 Å². The number of carbonyl (C=O) groups is 2. The molecule has 1 amide bonds. The number of hydrogen-bond donors (Lipinski definition) is 1. The van der Waals surface area contributed by atoms with Crippen LogP contribution in [0.25, 0.3) is 6.08 Å². The quantitative estimate of drug-likeness (QED) is 0.525. The number of likely N-dealkylation sites (tertiary alicyclic amines) is 1. The van der Waals surface area contributed by atoms with Gasteiger partial charge in [0.1, 0.15) is 5.01 Å². The zero-order chi connectivity index (χ0) is 22.1. The van der Waals surface area contributed by atoms with Crippen LogP contribution in [0.2, 0.25) is 0 Å². The van der Waals surface area contributed by atoms with Gasteiger partial charge < -0.3 is 10.0 Å². The normalized spacial score (nSPS) is 18.9. The van der Waals surface area contributed by atoms with Crippen molar-refractivity contribution in [1.82, 2.24) is 9.88 Å². The summed E-state index contributed by atoms with van der Waals surface area (Å²) < 4.78 is 0. The van der Waals surface area contributed by atoms with E-state index < -0.39 is 11.9 Å². The molecule has 1 aromatic heterocycles. The molecule has 1 aliphatic rings. The zero-order valence-corrected chi connectivity index (χ0v) is 18.7. The first-order valence-corrected chi connectivity index (χ1v) is 11.1. The SMILES string of the molecule is C=C(C)/C(=C\c1nccs1)C(=O)N1CC(C(=O)O)CC(c2ccccc2)C1.CCC. The van der Waals surface area contributed by atoms with Crippen LogP contribution in [0, 0.1) is 5.92 Å². The van der Waals surface area contributed by atoms with Crippen LogP contribution in [0.4, 0.5) is 0 Å². The maximum atomic E-state index is 13.2. The van der Waals surface area contributed by atoms with Crippen molar-refractivity contribution in [3.8, 4) is 0 Å². The van der Waals surface area contributed by atoms with Crippen LogP contribution in [-0.4, -0.2) is 40.0 Å². The number of hydrogen-bond acceptors (Lipinski definition) is 4. The molecular weight excluding hydrogens is 396 g/mol. The van der Waals surface area contributed by atoms with E-state index in [2.05, 4.69) is 25.4 Å². The van der Waals surface area contributed by atoms with Crippen molar-refractivity contribution in [2.24, 2.45) is 5.92 Å². The highest BCUT2D eigenvalue weighted by Crippen LogP contribution is 2.32. The maximum absolute atomic E-state index is 13.2. The van der Waals surface area contributed by atoms with E-state index in [0.29, 0.717) is 24.1 Å². The Bertz CT molecular complexity index is 875. The molecule has 3 rings (SSSR count). The van der Waals surface area contributed by atoms with Gasteiger partial charge in [-0.2, -0.15) is 0 Å². The summed E-state index contributed by atoms with van der Waals surface area (Å²) in [6, 6.07) is 9.78. The Morgan fingerprint density at radius 2 is 1.93 bits per heavy atom. The Hall–Kier alpha value is -2.73. The van der Waals surface area contributed by atoms with E-state index in [0.717, 1.165) is 10.6 Å². The predicted octanol–water partition coefficient (Wildman–Crippen LogP) is 5.24. The lowest BCUT2D eigenvalue weighted by atomic mass is 9.84. The molecular formula is C24H30N2O3S. The average molecular weight is 427 g/mol. The third-order valence-electron chi connectivity index (χ3n) is 4.77. The average Bonchev–Trinajstić information content (AvgIpc) is 3.25. The van der Waals surface area contributed by atoms with Crippen molar-refractivity contribution >= 4 is 29.3 Å². The van der Waals surface area contributed by atoms with Crippen molar-refractivity contribution < 1.29 is 14.7 Å². The molecule has 30 heavy (non-hydrogen) atoms. The van der Waals surface area contributed by atoms with E-state index in [9.17, 15) is 14.7 Å². The van der Waals surface area contributed by atoms with Gasteiger partial charge in [0.2, 0.25) is 0 Å². The Morgan fingerprint density at radius 1 is 1.27 bits per heavy atom. The number of aliphatic carboxylic acids is 1. The summed E-state index contributed by atoms with van der Waals surface area (Å²) in [4.78, 5) is 30.7. The third-order valence-corrected chi connectivity index (χ3v) is 5.49. The van der Waals surface area contributed by atoms with Gasteiger partial charge in [-0.15, -0.1) is 11.3 Å². The van der Waals surface area contributed by atoms with Crippen LogP contribution in [0.3, 0.4) is 0 Å². The van der Waals surface area contributed by atoms with Gasteiger partial charge in [0, 0.05) is 36.2 Å². The first-order chi connectivity index (χ1) is 14.4. The molecule has 160 valence electrons. The van der Waals surface area contributed by atoms with Crippen molar-refractivity contribution in [3.05, 3.63) is 70.2 Å². The number of thiazole rings is 1. The van der Waals surface area contributed by atoms with Gasteiger partial charge in [0.05, 0.1) is 5.92 Å². The minimum Gasteiger partial charge on any atom is -0.481 e. The monoisotopic (exact) mass is 426 g/mol. The fraction of sp³-hybridized carbons (Fsp3) is 0.375. The highest BCUT2D eigenvalue weighted by atomic mass is 32.1. The highest BCUT2D eigenvalue weighted by Gasteiger charge is 2.35. The number of nitrogens with zero attached hydrogens (tertiary/aromatic N) is 2. The van der Waals surface area contributed by atoms with Crippen LogP contribution < -0.4 is 0 Å². The Labute approximate surface area is 182 Å². The Balaban J connectivity index is 0.00000101. The summed E-state index contributed by atoms with van der Waals surface area (Å²) in [5, 5.41) is 12.2. The summed E-state index contributed by atoms with van der Waals surface area (Å²) in [5.74, 6) is -1.64. The number of amides is 1. The van der Waals surface area contributed by atoms with Gasteiger partial charge in [-0.1, -0.05) is 57.2 Å². The number of carbonyl (C=O) groups excluding carboxylic acids is 1. The number of rotatable bonds is 5. The largest absolute Gasteiger partial charge is 0.481 e. The lowest BCUT2D eigenvalue weighted by Gasteiger charge is -2.37. The first kappa shape index (κ1) is 23.5. The fourth-order valence-corrected chi connectivity index (χ4v) is 3.95. The molecule has 0 bridgehead atoms. The number of piperidine rings is 1. The minimum absolute atomic E-state index is 0.00349. The van der Waals surface area contributed by atoms with Crippen molar-refractivity contribution in [1.29, 1.82) is 0 Å². The molecule has 1 aliphatic heterocycles. The molecule has 2 atom stereocenters. The number of carboxylic acid groups (broad SMARTS) is 1. The van der Waals surface area contributed by atoms with Gasteiger partial charge in [0.15, 0.2) is 0 Å². The van der Waals surface area contributed by atoms with E-state index in [4.69, 9.17) is 0 Å². The molecule has 5 nitrogen and oxygen atoms in total. The van der Waals surface area contributed by atoms with E-state index in [1.54, 1.807) is 24.1 Å².